The number of ether oxygens (including phenoxy) is 1. The molecule has 0 atom stereocenters. The van der Waals surface area contributed by atoms with Gasteiger partial charge in [-0.2, -0.15) is 0 Å². The minimum atomic E-state index is 0.798. The van der Waals surface area contributed by atoms with Crippen LogP contribution in [0.15, 0.2) is 53.5 Å². The van der Waals surface area contributed by atoms with E-state index >= 15 is 0 Å². The SMILES string of the molecule is CCCCCCCCCc1ccc(N=Cc2ccc(OCCCCC)cc2)cc1. The lowest BCUT2D eigenvalue weighted by Gasteiger charge is -2.05. The second-order valence-electron chi connectivity index (χ2n) is 7.92. The molecule has 2 heteroatoms. The Kier molecular flexibility index (Phi) is 11.9. The van der Waals surface area contributed by atoms with E-state index in [1.165, 1.54) is 69.8 Å². The highest BCUT2D eigenvalue weighted by molar-refractivity contribution is 5.82. The molecule has 0 aromatic heterocycles. The highest BCUT2D eigenvalue weighted by atomic mass is 16.5. The number of hydrogen-bond acceptors (Lipinski definition) is 2. The van der Waals surface area contributed by atoms with E-state index in [2.05, 4.69) is 55.2 Å². The first-order valence-corrected chi connectivity index (χ1v) is 11.7. The summed E-state index contributed by atoms with van der Waals surface area (Å²) in [7, 11) is 0. The van der Waals surface area contributed by atoms with Crippen molar-refractivity contribution in [3.63, 3.8) is 0 Å². The molecule has 0 bridgehead atoms. The number of nitrogens with zero attached hydrogens (tertiary/aromatic N) is 1. The quantitative estimate of drug-likeness (QED) is 0.220. The monoisotopic (exact) mass is 393 g/mol. The molecule has 0 unspecified atom stereocenters. The minimum Gasteiger partial charge on any atom is -0.494 e. The molecule has 0 fully saturated rings. The Morgan fingerprint density at radius 3 is 2.00 bits per heavy atom. The molecule has 158 valence electrons. The normalized spacial score (nSPS) is 11.2. The molecular weight excluding hydrogens is 354 g/mol. The van der Waals surface area contributed by atoms with Crippen LogP contribution in [0.5, 0.6) is 5.75 Å². The van der Waals surface area contributed by atoms with Crippen LogP contribution < -0.4 is 4.74 Å². The molecule has 2 aromatic rings. The summed E-state index contributed by atoms with van der Waals surface area (Å²) in [5.74, 6) is 0.938. The maximum atomic E-state index is 5.76. The third kappa shape index (κ3) is 10.3. The zero-order valence-electron chi connectivity index (χ0n) is 18.5. The highest BCUT2D eigenvalue weighted by Gasteiger charge is 1.97. The minimum absolute atomic E-state index is 0.798. The molecule has 0 spiro atoms. The van der Waals surface area contributed by atoms with Gasteiger partial charge in [0, 0.05) is 6.21 Å². The summed E-state index contributed by atoms with van der Waals surface area (Å²) in [6.45, 7) is 5.28. The largest absolute Gasteiger partial charge is 0.494 e. The summed E-state index contributed by atoms with van der Waals surface area (Å²) in [5.41, 5.74) is 3.52. The predicted octanol–water partition coefficient (Wildman–Crippen LogP) is 8.30. The first-order valence-electron chi connectivity index (χ1n) is 11.7. The highest BCUT2D eigenvalue weighted by Crippen LogP contribution is 2.17. The Bertz CT molecular complexity index is 673. The van der Waals surface area contributed by atoms with Gasteiger partial charge in [0.25, 0.3) is 0 Å². The lowest BCUT2D eigenvalue weighted by Crippen LogP contribution is -1.96. The molecule has 29 heavy (non-hydrogen) atoms. The van der Waals surface area contributed by atoms with Crippen LogP contribution in [0.25, 0.3) is 0 Å². The molecule has 0 aliphatic heterocycles. The van der Waals surface area contributed by atoms with Gasteiger partial charge in [-0.15, -0.1) is 0 Å². The van der Waals surface area contributed by atoms with E-state index in [-0.39, 0.29) is 0 Å². The Labute approximate surface area is 178 Å². The smallest absolute Gasteiger partial charge is 0.119 e. The van der Waals surface area contributed by atoms with Crippen molar-refractivity contribution in [2.75, 3.05) is 6.61 Å². The zero-order valence-corrected chi connectivity index (χ0v) is 18.5. The van der Waals surface area contributed by atoms with Crippen molar-refractivity contribution in [1.29, 1.82) is 0 Å². The maximum Gasteiger partial charge on any atom is 0.119 e. The number of benzene rings is 2. The van der Waals surface area contributed by atoms with Crippen molar-refractivity contribution >= 4 is 11.9 Å². The van der Waals surface area contributed by atoms with Gasteiger partial charge in [-0.05, 0) is 66.8 Å². The van der Waals surface area contributed by atoms with Gasteiger partial charge in [0.1, 0.15) is 5.75 Å². The van der Waals surface area contributed by atoms with Gasteiger partial charge < -0.3 is 4.74 Å². The van der Waals surface area contributed by atoms with Gasteiger partial charge in [-0.25, -0.2) is 0 Å². The fraction of sp³-hybridized carbons (Fsp3) is 0.519. The summed E-state index contributed by atoms with van der Waals surface area (Å²) in [6.07, 6.45) is 16.2. The third-order valence-electron chi connectivity index (χ3n) is 5.26. The summed E-state index contributed by atoms with van der Waals surface area (Å²) < 4.78 is 5.76. The Morgan fingerprint density at radius 1 is 0.690 bits per heavy atom. The predicted molar refractivity (Wildman–Crippen MR) is 127 cm³/mol. The van der Waals surface area contributed by atoms with Crippen molar-refractivity contribution in [2.24, 2.45) is 4.99 Å². The van der Waals surface area contributed by atoms with Crippen LogP contribution in [-0.4, -0.2) is 12.8 Å². The Balaban J connectivity index is 1.69. The van der Waals surface area contributed by atoms with Gasteiger partial charge >= 0.3 is 0 Å². The van der Waals surface area contributed by atoms with Gasteiger partial charge in [-0.3, -0.25) is 4.99 Å². The molecule has 2 aromatic carbocycles. The van der Waals surface area contributed by atoms with Crippen LogP contribution >= 0.6 is 0 Å². The van der Waals surface area contributed by atoms with E-state index < -0.39 is 0 Å². The van der Waals surface area contributed by atoms with Gasteiger partial charge in [0.05, 0.1) is 12.3 Å². The molecule has 0 saturated heterocycles. The topological polar surface area (TPSA) is 21.6 Å². The summed E-state index contributed by atoms with van der Waals surface area (Å²) in [5, 5.41) is 0. The lowest BCUT2D eigenvalue weighted by atomic mass is 10.0. The van der Waals surface area contributed by atoms with E-state index in [1.807, 2.05) is 18.3 Å². The van der Waals surface area contributed by atoms with Crippen molar-refractivity contribution in [2.45, 2.75) is 84.5 Å². The van der Waals surface area contributed by atoms with E-state index in [4.69, 9.17) is 4.74 Å². The Hall–Kier alpha value is -2.09. The number of unbranched alkanes of at least 4 members (excludes halogenated alkanes) is 8. The molecule has 2 rings (SSSR count). The van der Waals surface area contributed by atoms with E-state index in [0.717, 1.165) is 30.0 Å². The van der Waals surface area contributed by atoms with Crippen molar-refractivity contribution < 1.29 is 4.74 Å². The van der Waals surface area contributed by atoms with E-state index in [1.54, 1.807) is 0 Å². The van der Waals surface area contributed by atoms with Crippen molar-refractivity contribution in [3.05, 3.63) is 59.7 Å². The van der Waals surface area contributed by atoms with Crippen LogP contribution in [0.3, 0.4) is 0 Å². The zero-order chi connectivity index (χ0) is 20.6. The second-order valence-corrected chi connectivity index (χ2v) is 7.92. The number of hydrogen-bond donors (Lipinski definition) is 0. The van der Waals surface area contributed by atoms with Gasteiger partial charge in [0.2, 0.25) is 0 Å². The standard InChI is InChI=1S/C27H39NO/c1-3-5-7-8-9-10-11-13-24-14-18-26(19-15-24)28-23-25-16-20-27(21-17-25)29-22-12-6-4-2/h14-21,23H,3-13,22H2,1-2H3. The molecule has 2 nitrogen and oxygen atoms in total. The molecule has 0 heterocycles. The average molecular weight is 394 g/mol. The average Bonchev–Trinajstić information content (AvgIpc) is 2.76. The number of rotatable bonds is 15. The number of aryl methyl sites for hydroxylation is 1. The fourth-order valence-corrected chi connectivity index (χ4v) is 3.38. The van der Waals surface area contributed by atoms with Crippen LogP contribution in [0, 0.1) is 0 Å². The molecule has 0 aliphatic carbocycles. The fourth-order valence-electron chi connectivity index (χ4n) is 3.38. The van der Waals surface area contributed by atoms with Gasteiger partial charge in [-0.1, -0.05) is 77.3 Å². The van der Waals surface area contributed by atoms with E-state index in [0.29, 0.717) is 0 Å². The van der Waals surface area contributed by atoms with Gasteiger partial charge in [0.15, 0.2) is 0 Å². The molecule has 0 aliphatic rings. The van der Waals surface area contributed by atoms with Crippen LogP contribution in [-0.2, 0) is 6.42 Å². The molecule has 0 saturated carbocycles. The first kappa shape index (κ1) is 23.2. The first-order chi connectivity index (χ1) is 14.3. The third-order valence-corrected chi connectivity index (χ3v) is 5.26. The maximum absolute atomic E-state index is 5.76. The van der Waals surface area contributed by atoms with Crippen molar-refractivity contribution in [3.8, 4) is 5.75 Å². The lowest BCUT2D eigenvalue weighted by molar-refractivity contribution is 0.306. The summed E-state index contributed by atoms with van der Waals surface area (Å²) >= 11 is 0. The van der Waals surface area contributed by atoms with Crippen LogP contribution in [0.1, 0.15) is 89.2 Å². The summed E-state index contributed by atoms with van der Waals surface area (Å²) in [6, 6.07) is 16.9. The number of aliphatic imine (C=N–C) groups is 1. The van der Waals surface area contributed by atoms with E-state index in [9.17, 15) is 0 Å². The Morgan fingerprint density at radius 2 is 1.31 bits per heavy atom. The molecule has 0 radical (unpaired) electrons. The second kappa shape index (κ2) is 14.8. The van der Waals surface area contributed by atoms with Crippen LogP contribution in [0.2, 0.25) is 0 Å². The molecule has 0 amide bonds. The molecular formula is C27H39NO. The van der Waals surface area contributed by atoms with Crippen LogP contribution in [0.4, 0.5) is 5.69 Å². The summed E-state index contributed by atoms with van der Waals surface area (Å²) in [4.78, 5) is 4.61. The molecule has 0 N–H and O–H groups in total. The van der Waals surface area contributed by atoms with Crippen molar-refractivity contribution in [1.82, 2.24) is 0 Å².